The summed E-state index contributed by atoms with van der Waals surface area (Å²) in [5, 5.41) is 6.06. The van der Waals surface area contributed by atoms with Gasteiger partial charge in [0.05, 0.1) is 23.9 Å². The molecule has 0 aliphatic carbocycles. The summed E-state index contributed by atoms with van der Waals surface area (Å²) in [6.07, 6.45) is 0.751. The molecule has 1 atom stereocenters. The average Bonchev–Trinajstić information content (AvgIpc) is 2.83. The summed E-state index contributed by atoms with van der Waals surface area (Å²) in [5.74, 6) is -0.0754. The number of carbonyl (C=O) groups excluding carboxylic acids is 2. The minimum atomic E-state index is -0.521. The van der Waals surface area contributed by atoms with Gasteiger partial charge in [0.15, 0.2) is 0 Å². The third kappa shape index (κ3) is 3.04. The van der Waals surface area contributed by atoms with E-state index < -0.39 is 6.04 Å². The van der Waals surface area contributed by atoms with Crippen LogP contribution in [0.15, 0.2) is 35.5 Å². The highest BCUT2D eigenvalue weighted by Gasteiger charge is 2.40. The van der Waals surface area contributed by atoms with Gasteiger partial charge in [-0.2, -0.15) is 0 Å². The fraction of sp³-hybridized carbons (Fsp3) is 0.375. The zero-order chi connectivity index (χ0) is 16.4. The normalized spacial score (nSPS) is 20.4. The average molecular weight is 336 g/mol. The number of amides is 3. The van der Waals surface area contributed by atoms with Gasteiger partial charge in [-0.05, 0) is 18.1 Å². The molecule has 6 nitrogen and oxygen atoms in total. The van der Waals surface area contributed by atoms with Crippen LogP contribution in [0.3, 0.4) is 0 Å². The predicted octanol–water partition coefficient (Wildman–Crippen LogP) is 1.83. The molecule has 0 aromatic heterocycles. The van der Waals surface area contributed by atoms with E-state index >= 15 is 0 Å². The van der Waals surface area contributed by atoms with E-state index in [9.17, 15) is 9.59 Å². The van der Waals surface area contributed by atoms with Crippen molar-refractivity contribution in [1.82, 2.24) is 15.5 Å². The van der Waals surface area contributed by atoms with E-state index in [-0.39, 0.29) is 11.9 Å². The van der Waals surface area contributed by atoms with Gasteiger partial charge >= 0.3 is 6.03 Å². The first-order valence-electron chi connectivity index (χ1n) is 7.45. The Balaban J connectivity index is 1.88. The largest absolute Gasteiger partial charge is 0.385 e. The molecule has 1 aromatic carbocycles. The van der Waals surface area contributed by atoms with E-state index in [1.54, 1.807) is 18.1 Å². The van der Waals surface area contributed by atoms with Crippen molar-refractivity contribution >= 4 is 23.5 Å². The maximum absolute atomic E-state index is 12.7. The summed E-state index contributed by atoms with van der Waals surface area (Å²) in [6, 6.07) is 6.39. The van der Waals surface area contributed by atoms with Gasteiger partial charge in [0.2, 0.25) is 0 Å². The number of rotatable bonds is 5. The minimum absolute atomic E-state index is 0.0754. The molecule has 0 fully saturated rings. The van der Waals surface area contributed by atoms with E-state index in [2.05, 4.69) is 10.6 Å². The Morgan fingerprint density at radius 3 is 2.87 bits per heavy atom. The van der Waals surface area contributed by atoms with E-state index in [1.165, 1.54) is 0 Å². The van der Waals surface area contributed by atoms with Gasteiger partial charge < -0.3 is 20.3 Å². The molecule has 3 rings (SSSR count). The van der Waals surface area contributed by atoms with Crippen LogP contribution in [0.1, 0.15) is 18.0 Å². The maximum Gasteiger partial charge on any atom is 0.319 e. The van der Waals surface area contributed by atoms with Gasteiger partial charge in [-0.25, -0.2) is 4.79 Å². The fourth-order valence-electron chi connectivity index (χ4n) is 2.95. The highest BCUT2D eigenvalue weighted by atomic mass is 35.5. The molecule has 0 bridgehead atoms. The molecule has 0 radical (unpaired) electrons. The molecule has 0 saturated heterocycles. The molecule has 0 unspecified atom stereocenters. The number of halogens is 1. The summed E-state index contributed by atoms with van der Waals surface area (Å²) in [7, 11) is 1.63. The second-order valence-corrected chi connectivity index (χ2v) is 5.93. The van der Waals surface area contributed by atoms with E-state index in [1.807, 2.05) is 18.2 Å². The first-order valence-corrected chi connectivity index (χ1v) is 7.83. The van der Waals surface area contributed by atoms with Gasteiger partial charge in [-0.15, -0.1) is 0 Å². The zero-order valence-electron chi connectivity index (χ0n) is 12.8. The van der Waals surface area contributed by atoms with Crippen LogP contribution in [0, 0.1) is 0 Å². The number of benzene rings is 1. The van der Waals surface area contributed by atoms with E-state index in [0.29, 0.717) is 36.0 Å². The molecule has 2 aliphatic heterocycles. The number of hydrogen-bond donors (Lipinski definition) is 2. The molecular weight excluding hydrogens is 318 g/mol. The molecule has 7 heteroatoms. The number of nitrogens with one attached hydrogen (secondary N) is 2. The Morgan fingerprint density at radius 1 is 1.35 bits per heavy atom. The van der Waals surface area contributed by atoms with Crippen molar-refractivity contribution < 1.29 is 14.3 Å². The molecule has 2 heterocycles. The number of ether oxygens (including phenoxy) is 1. The van der Waals surface area contributed by atoms with Crippen molar-refractivity contribution in [1.29, 1.82) is 0 Å². The molecule has 2 N–H and O–H groups in total. The van der Waals surface area contributed by atoms with Crippen molar-refractivity contribution in [3.8, 4) is 0 Å². The summed E-state index contributed by atoms with van der Waals surface area (Å²) >= 11 is 6.25. The summed E-state index contributed by atoms with van der Waals surface area (Å²) in [5.41, 5.74) is 1.94. The van der Waals surface area contributed by atoms with Crippen molar-refractivity contribution in [2.45, 2.75) is 12.5 Å². The Kier molecular flexibility index (Phi) is 4.54. The lowest BCUT2D eigenvalue weighted by Crippen LogP contribution is -2.44. The second-order valence-electron chi connectivity index (χ2n) is 5.52. The molecule has 3 amide bonds. The van der Waals surface area contributed by atoms with Crippen LogP contribution < -0.4 is 10.6 Å². The van der Waals surface area contributed by atoms with Crippen LogP contribution in [0.5, 0.6) is 0 Å². The van der Waals surface area contributed by atoms with Crippen LogP contribution in [0.2, 0.25) is 5.02 Å². The SMILES string of the molecule is COCCCN1CC2=C(C1=O)[C@@H](c1ccccc1Cl)NC(=O)N2. The van der Waals surface area contributed by atoms with Gasteiger partial charge in [0.1, 0.15) is 0 Å². The van der Waals surface area contributed by atoms with Crippen molar-refractivity contribution in [2.24, 2.45) is 0 Å². The summed E-state index contributed by atoms with van der Waals surface area (Å²) in [4.78, 5) is 26.4. The topological polar surface area (TPSA) is 70.7 Å². The van der Waals surface area contributed by atoms with Crippen molar-refractivity contribution in [3.05, 3.63) is 46.1 Å². The molecule has 122 valence electrons. The smallest absolute Gasteiger partial charge is 0.319 e. The number of nitrogens with zero attached hydrogens (tertiary/aromatic N) is 1. The Morgan fingerprint density at radius 2 is 2.13 bits per heavy atom. The van der Waals surface area contributed by atoms with Crippen LogP contribution in [-0.2, 0) is 9.53 Å². The van der Waals surface area contributed by atoms with Crippen molar-refractivity contribution in [2.75, 3.05) is 26.8 Å². The second kappa shape index (κ2) is 6.60. The molecule has 1 aromatic rings. The molecular formula is C16H18ClN3O3. The molecule has 0 spiro atoms. The Bertz CT molecular complexity index is 674. The molecule has 23 heavy (non-hydrogen) atoms. The number of methoxy groups -OCH3 is 1. The van der Waals surface area contributed by atoms with Crippen LogP contribution in [0.25, 0.3) is 0 Å². The number of hydrogen-bond acceptors (Lipinski definition) is 3. The van der Waals surface area contributed by atoms with E-state index in [0.717, 1.165) is 12.0 Å². The lowest BCUT2D eigenvalue weighted by Gasteiger charge is -2.26. The monoisotopic (exact) mass is 335 g/mol. The summed E-state index contributed by atoms with van der Waals surface area (Å²) < 4.78 is 5.03. The van der Waals surface area contributed by atoms with Crippen LogP contribution in [0.4, 0.5) is 4.79 Å². The molecule has 0 saturated carbocycles. The standard InChI is InChI=1S/C16H18ClN3O3/c1-23-8-4-7-20-9-12-13(15(20)21)14(19-16(22)18-12)10-5-2-3-6-11(10)17/h2-3,5-6,14H,4,7-9H2,1H3,(H2,18,19,22)/t14-/m1/s1. The quantitative estimate of drug-likeness (QED) is 0.806. The lowest BCUT2D eigenvalue weighted by atomic mass is 9.96. The van der Waals surface area contributed by atoms with Crippen LogP contribution in [-0.4, -0.2) is 43.6 Å². The minimum Gasteiger partial charge on any atom is -0.385 e. The maximum atomic E-state index is 12.7. The first-order chi connectivity index (χ1) is 11.1. The first kappa shape index (κ1) is 15.8. The van der Waals surface area contributed by atoms with E-state index in [4.69, 9.17) is 16.3 Å². The van der Waals surface area contributed by atoms with Crippen LogP contribution >= 0.6 is 11.6 Å². The fourth-order valence-corrected chi connectivity index (χ4v) is 3.20. The Hall–Kier alpha value is -2.05. The lowest BCUT2D eigenvalue weighted by molar-refractivity contribution is -0.125. The third-order valence-electron chi connectivity index (χ3n) is 4.01. The number of carbonyl (C=O) groups is 2. The van der Waals surface area contributed by atoms with Gasteiger partial charge in [-0.3, -0.25) is 4.79 Å². The highest BCUT2D eigenvalue weighted by molar-refractivity contribution is 6.31. The third-order valence-corrected chi connectivity index (χ3v) is 4.36. The Labute approximate surface area is 139 Å². The van der Waals surface area contributed by atoms with Gasteiger partial charge in [0, 0.05) is 25.3 Å². The van der Waals surface area contributed by atoms with Gasteiger partial charge in [-0.1, -0.05) is 29.8 Å². The zero-order valence-corrected chi connectivity index (χ0v) is 13.5. The van der Waals surface area contributed by atoms with Crippen molar-refractivity contribution in [3.63, 3.8) is 0 Å². The highest BCUT2D eigenvalue weighted by Crippen LogP contribution is 2.35. The summed E-state index contributed by atoms with van der Waals surface area (Å²) in [6.45, 7) is 1.59. The number of urea groups is 1. The predicted molar refractivity (Wildman–Crippen MR) is 86.0 cm³/mol. The van der Waals surface area contributed by atoms with Gasteiger partial charge in [0.25, 0.3) is 5.91 Å². The molecule has 2 aliphatic rings.